The number of fused-ring (bicyclic) bond motifs is 1. The lowest BCUT2D eigenvalue weighted by Gasteiger charge is -2.24. The van der Waals surface area contributed by atoms with E-state index in [2.05, 4.69) is 30.8 Å². The number of H-pyrrole nitrogens is 1. The molecule has 0 radical (unpaired) electrons. The van der Waals surface area contributed by atoms with E-state index < -0.39 is 24.0 Å². The molecule has 43 heavy (non-hydrogen) atoms. The molecule has 1 saturated heterocycles. The predicted octanol–water partition coefficient (Wildman–Crippen LogP) is 4.65. The lowest BCUT2D eigenvalue weighted by Crippen LogP contribution is -2.44. The van der Waals surface area contributed by atoms with Crippen LogP contribution in [-0.2, 0) is 16.1 Å². The summed E-state index contributed by atoms with van der Waals surface area (Å²) in [4.78, 5) is 48.8. The summed E-state index contributed by atoms with van der Waals surface area (Å²) >= 11 is 0. The Hall–Kier alpha value is -5.39. The number of anilines is 3. The summed E-state index contributed by atoms with van der Waals surface area (Å²) in [5.41, 5.74) is 4.85. The molecule has 1 aliphatic heterocycles. The van der Waals surface area contributed by atoms with Crippen LogP contribution in [0.4, 0.5) is 21.6 Å². The van der Waals surface area contributed by atoms with E-state index in [0.29, 0.717) is 33.7 Å². The molecule has 0 spiro atoms. The van der Waals surface area contributed by atoms with Crippen molar-refractivity contribution in [2.75, 3.05) is 17.2 Å². The first-order valence-electron chi connectivity index (χ1n) is 13.8. The largest absolute Gasteiger partial charge is 0.353 e. The van der Waals surface area contributed by atoms with Gasteiger partial charge in [0, 0.05) is 46.0 Å². The van der Waals surface area contributed by atoms with Gasteiger partial charge in [0.05, 0.1) is 24.6 Å². The Morgan fingerprint density at radius 1 is 1.07 bits per heavy atom. The normalized spacial score (nSPS) is 16.4. The SMILES string of the molecule is CC(=O)c1cn(CC(=O)N2CC(F)C[C@H]2C(=O)Nc2n[nH]c(C)c2-c2ccccc2)c2ccc(Nc3cncnc3)cc12. The molecular weight excluding hydrogens is 551 g/mol. The van der Waals surface area contributed by atoms with Gasteiger partial charge in [-0.25, -0.2) is 14.4 Å². The van der Waals surface area contributed by atoms with Crippen LogP contribution in [0, 0.1) is 6.92 Å². The number of carbonyl (C=O) groups excluding carboxylic acids is 3. The van der Waals surface area contributed by atoms with Gasteiger partial charge in [0.25, 0.3) is 0 Å². The van der Waals surface area contributed by atoms with Crippen LogP contribution in [-0.4, -0.2) is 66.0 Å². The van der Waals surface area contributed by atoms with E-state index in [0.717, 1.165) is 16.8 Å². The molecule has 6 rings (SSSR count). The lowest BCUT2D eigenvalue weighted by molar-refractivity contribution is -0.137. The van der Waals surface area contributed by atoms with Gasteiger partial charge >= 0.3 is 0 Å². The van der Waals surface area contributed by atoms with Crippen LogP contribution in [0.2, 0.25) is 0 Å². The molecule has 2 atom stereocenters. The van der Waals surface area contributed by atoms with Crippen LogP contribution in [0.3, 0.4) is 0 Å². The van der Waals surface area contributed by atoms with Crippen molar-refractivity contribution in [3.05, 3.63) is 84.7 Å². The smallest absolute Gasteiger partial charge is 0.248 e. The zero-order valence-electron chi connectivity index (χ0n) is 23.5. The number of alkyl halides is 1. The topological polar surface area (TPSA) is 138 Å². The third kappa shape index (κ3) is 5.59. The summed E-state index contributed by atoms with van der Waals surface area (Å²) in [6, 6.07) is 13.9. The van der Waals surface area contributed by atoms with E-state index in [4.69, 9.17) is 0 Å². The monoisotopic (exact) mass is 580 g/mol. The summed E-state index contributed by atoms with van der Waals surface area (Å²) in [6.07, 6.45) is 4.84. The third-order valence-electron chi connectivity index (χ3n) is 7.54. The Kier molecular flexibility index (Phi) is 7.41. The molecule has 5 aromatic rings. The molecule has 1 aliphatic rings. The number of halogens is 1. The number of rotatable bonds is 8. The summed E-state index contributed by atoms with van der Waals surface area (Å²) in [7, 11) is 0. The van der Waals surface area contributed by atoms with E-state index in [1.54, 1.807) is 29.2 Å². The second-order valence-electron chi connectivity index (χ2n) is 10.5. The van der Waals surface area contributed by atoms with Gasteiger partial charge in [-0.15, -0.1) is 0 Å². The molecular formula is C31H29FN8O3. The maximum absolute atomic E-state index is 14.7. The van der Waals surface area contributed by atoms with Crippen molar-refractivity contribution in [3.63, 3.8) is 0 Å². The number of nitrogens with one attached hydrogen (secondary N) is 3. The number of likely N-dealkylation sites (tertiary alicyclic amines) is 1. The second kappa shape index (κ2) is 11.5. The van der Waals surface area contributed by atoms with E-state index >= 15 is 0 Å². The molecule has 12 heteroatoms. The van der Waals surface area contributed by atoms with E-state index in [1.807, 2.05) is 49.4 Å². The zero-order valence-corrected chi connectivity index (χ0v) is 23.5. The Balaban J connectivity index is 1.23. The molecule has 0 aliphatic carbocycles. The number of hydrogen-bond donors (Lipinski definition) is 3. The number of carbonyl (C=O) groups is 3. The highest BCUT2D eigenvalue weighted by Gasteiger charge is 2.40. The first-order valence-corrected chi connectivity index (χ1v) is 13.8. The zero-order chi connectivity index (χ0) is 30.1. The van der Waals surface area contributed by atoms with Crippen LogP contribution in [0.25, 0.3) is 22.0 Å². The highest BCUT2D eigenvalue weighted by Crippen LogP contribution is 2.31. The summed E-state index contributed by atoms with van der Waals surface area (Å²) in [6.45, 7) is 2.94. The van der Waals surface area contributed by atoms with Gasteiger partial charge in [-0.1, -0.05) is 30.3 Å². The van der Waals surface area contributed by atoms with E-state index in [1.165, 1.54) is 18.2 Å². The maximum atomic E-state index is 14.7. The van der Waals surface area contributed by atoms with Crippen LogP contribution >= 0.6 is 0 Å². The highest BCUT2D eigenvalue weighted by molar-refractivity contribution is 6.08. The van der Waals surface area contributed by atoms with Crippen LogP contribution < -0.4 is 10.6 Å². The van der Waals surface area contributed by atoms with E-state index in [9.17, 15) is 18.8 Å². The van der Waals surface area contributed by atoms with Crippen molar-refractivity contribution >= 4 is 45.7 Å². The standard InChI is InChI=1S/C31H29FN8O3/c1-18-29(20-6-4-3-5-7-20)30(38-37-18)36-31(43)27-10-21(32)14-40(27)28(42)16-39-15-25(19(2)41)24-11-22(8-9-26(24)39)35-23-12-33-17-34-13-23/h3-9,11-13,15,17,21,27,35H,10,14,16H2,1-2H3,(H2,36,37,38,43)/t21?,27-/m0/s1. The number of aryl methyl sites for hydroxylation is 1. The Labute approximate surface area is 246 Å². The van der Waals surface area contributed by atoms with Gasteiger partial charge in [-0.05, 0) is 37.6 Å². The highest BCUT2D eigenvalue weighted by atomic mass is 19.1. The number of aromatic amines is 1. The minimum atomic E-state index is -1.35. The molecule has 1 unspecified atom stereocenters. The molecule has 3 aromatic heterocycles. The van der Waals surface area contributed by atoms with E-state index in [-0.39, 0.29) is 25.3 Å². The molecule has 1 fully saturated rings. The number of hydrogen-bond acceptors (Lipinski definition) is 7. The molecule has 4 heterocycles. The van der Waals surface area contributed by atoms with Gasteiger partial charge in [-0.2, -0.15) is 5.10 Å². The summed E-state index contributed by atoms with van der Waals surface area (Å²) < 4.78 is 16.4. The summed E-state index contributed by atoms with van der Waals surface area (Å²) in [5.74, 6) is -0.795. The number of amides is 2. The molecule has 0 saturated carbocycles. The number of ketones is 1. The van der Waals surface area contributed by atoms with Gasteiger partial charge in [0.2, 0.25) is 11.8 Å². The molecule has 218 valence electrons. The first-order chi connectivity index (χ1) is 20.8. The minimum absolute atomic E-state index is 0.120. The quantitative estimate of drug-likeness (QED) is 0.227. The Morgan fingerprint density at radius 3 is 2.58 bits per heavy atom. The Bertz CT molecular complexity index is 1820. The molecule has 11 nitrogen and oxygen atoms in total. The number of Topliss-reactive ketones (excluding diaryl/α,β-unsaturated/α-hetero) is 1. The van der Waals surface area contributed by atoms with Gasteiger partial charge < -0.3 is 20.1 Å². The van der Waals surface area contributed by atoms with Crippen molar-refractivity contribution in [2.45, 2.75) is 39.0 Å². The van der Waals surface area contributed by atoms with Gasteiger partial charge in [-0.3, -0.25) is 19.5 Å². The fraction of sp³-hybridized carbons (Fsp3) is 0.226. The molecule has 2 amide bonds. The molecule has 3 N–H and O–H groups in total. The fourth-order valence-electron chi connectivity index (χ4n) is 5.54. The van der Waals surface area contributed by atoms with Crippen molar-refractivity contribution in [1.29, 1.82) is 0 Å². The molecule has 2 aromatic carbocycles. The third-order valence-corrected chi connectivity index (χ3v) is 7.54. The van der Waals surface area contributed by atoms with Crippen molar-refractivity contribution in [1.82, 2.24) is 29.6 Å². The fourth-order valence-corrected chi connectivity index (χ4v) is 5.54. The maximum Gasteiger partial charge on any atom is 0.248 e. The molecule has 0 bridgehead atoms. The lowest BCUT2D eigenvalue weighted by atomic mass is 10.1. The van der Waals surface area contributed by atoms with Crippen LogP contribution in [0.1, 0.15) is 29.4 Å². The van der Waals surface area contributed by atoms with Crippen molar-refractivity contribution < 1.29 is 18.8 Å². The number of nitrogens with zero attached hydrogens (tertiary/aromatic N) is 5. The van der Waals surface area contributed by atoms with Crippen molar-refractivity contribution in [2.24, 2.45) is 0 Å². The van der Waals surface area contributed by atoms with Gasteiger partial charge in [0.1, 0.15) is 25.1 Å². The predicted molar refractivity (Wildman–Crippen MR) is 160 cm³/mol. The average molecular weight is 581 g/mol. The number of benzene rings is 2. The summed E-state index contributed by atoms with van der Waals surface area (Å²) in [5, 5.41) is 13.8. The minimum Gasteiger partial charge on any atom is -0.353 e. The second-order valence-corrected chi connectivity index (χ2v) is 10.5. The Morgan fingerprint density at radius 2 is 1.84 bits per heavy atom. The van der Waals surface area contributed by atoms with Gasteiger partial charge in [0.15, 0.2) is 11.6 Å². The average Bonchev–Trinajstić information content (AvgIpc) is 3.68. The number of aromatic nitrogens is 5. The first kappa shape index (κ1) is 27.8. The van der Waals surface area contributed by atoms with Crippen LogP contribution in [0.15, 0.2) is 73.4 Å². The van der Waals surface area contributed by atoms with Crippen molar-refractivity contribution in [3.8, 4) is 11.1 Å². The van der Waals surface area contributed by atoms with Crippen LogP contribution in [0.5, 0.6) is 0 Å².